The van der Waals surface area contributed by atoms with Gasteiger partial charge in [-0.25, -0.2) is 15.0 Å². The van der Waals surface area contributed by atoms with E-state index in [0.29, 0.717) is 17.2 Å². The number of nitrogens with zero attached hydrogens (tertiary/aromatic N) is 7. The molecule has 0 unspecified atom stereocenters. The Morgan fingerprint density at radius 3 is 2.67 bits per heavy atom. The van der Waals surface area contributed by atoms with Crippen LogP contribution in [0.4, 0.5) is 19.0 Å². The van der Waals surface area contributed by atoms with Crippen LogP contribution in [0, 0.1) is 5.41 Å². The van der Waals surface area contributed by atoms with E-state index in [1.807, 2.05) is 18.5 Å². The predicted molar refractivity (Wildman–Crippen MR) is 139 cm³/mol. The van der Waals surface area contributed by atoms with Crippen LogP contribution in [0.5, 0.6) is 0 Å². The highest BCUT2D eigenvalue weighted by molar-refractivity contribution is 5.59. The molecule has 1 aliphatic heterocycles. The molecular weight excluding hydrogens is 509 g/mol. The lowest BCUT2D eigenvalue weighted by Crippen LogP contribution is -2.57. The topological polar surface area (TPSA) is 87.5 Å². The second kappa shape index (κ2) is 9.91. The molecule has 0 amide bonds. The summed E-state index contributed by atoms with van der Waals surface area (Å²) in [5.41, 5.74) is 1.33. The van der Waals surface area contributed by atoms with E-state index >= 15 is 0 Å². The molecule has 1 saturated heterocycles. The molecule has 2 fully saturated rings. The number of pyridine rings is 1. The van der Waals surface area contributed by atoms with Gasteiger partial charge < -0.3 is 9.64 Å². The fraction of sp³-hybridized carbons (Fsp3) is 0.481. The number of imidazole rings is 1. The third kappa shape index (κ3) is 4.76. The predicted octanol–water partition coefficient (Wildman–Crippen LogP) is 4.60. The first kappa shape index (κ1) is 25.8. The molecular formula is C27H31F3N8O. The molecule has 2 atom stereocenters. The number of rotatable bonds is 7. The quantitative estimate of drug-likeness (QED) is 0.367. The van der Waals surface area contributed by atoms with Crippen molar-refractivity contribution in [3.63, 3.8) is 0 Å². The lowest BCUT2D eigenvalue weighted by Gasteiger charge is -2.52. The molecule has 9 nitrogen and oxygen atoms in total. The number of hydrogen-bond acceptors (Lipinski definition) is 7. The van der Waals surface area contributed by atoms with E-state index in [4.69, 9.17) is 9.72 Å². The van der Waals surface area contributed by atoms with Crippen LogP contribution in [-0.4, -0.2) is 73.8 Å². The fourth-order valence-electron chi connectivity index (χ4n) is 6.18. The Morgan fingerprint density at radius 1 is 1.13 bits per heavy atom. The number of aromatic amines is 1. The smallest absolute Gasteiger partial charge is 0.384 e. The standard InChI is InChI=1S/C27H31F3N8O/c1-18-24(19-12-33-34-13-19)36(16-26(17-39-2)7-3-8-26)10-11-37(18)23-6-9-31-25(35-23)21-14-32-22-5-4-20(15-38(21)22)27(28,29)30/h4-6,9,12-15,18,24H,3,7-8,10-11,16-17H2,1-2H3,(H,33,34)/t18-,24-/m1/s1. The summed E-state index contributed by atoms with van der Waals surface area (Å²) in [6, 6.07) is 4.37. The van der Waals surface area contributed by atoms with Gasteiger partial charge in [0.2, 0.25) is 0 Å². The second-order valence-electron chi connectivity index (χ2n) is 10.7. The minimum atomic E-state index is -4.46. The van der Waals surface area contributed by atoms with E-state index in [1.54, 1.807) is 13.3 Å². The highest BCUT2D eigenvalue weighted by Crippen LogP contribution is 2.44. The Kier molecular flexibility index (Phi) is 6.54. The van der Waals surface area contributed by atoms with Crippen LogP contribution in [0.25, 0.3) is 17.2 Å². The van der Waals surface area contributed by atoms with Crippen LogP contribution in [0.15, 0.2) is 49.2 Å². The Morgan fingerprint density at radius 2 is 1.97 bits per heavy atom. The Labute approximate surface area is 224 Å². The number of fused-ring (bicyclic) bond motifs is 1. The number of H-pyrrole nitrogens is 1. The molecule has 5 heterocycles. The van der Waals surface area contributed by atoms with Crippen molar-refractivity contribution in [2.24, 2.45) is 5.41 Å². The van der Waals surface area contributed by atoms with E-state index in [0.717, 1.165) is 62.7 Å². The van der Waals surface area contributed by atoms with Crippen molar-refractivity contribution in [2.75, 3.05) is 38.3 Å². The first-order chi connectivity index (χ1) is 18.8. The highest BCUT2D eigenvalue weighted by atomic mass is 19.4. The summed E-state index contributed by atoms with van der Waals surface area (Å²) in [5, 5.41) is 7.19. The molecule has 1 aliphatic carbocycles. The van der Waals surface area contributed by atoms with Gasteiger partial charge in [-0.3, -0.25) is 14.4 Å². The number of methoxy groups -OCH3 is 1. The van der Waals surface area contributed by atoms with Crippen molar-refractivity contribution in [3.05, 3.63) is 60.3 Å². The zero-order valence-electron chi connectivity index (χ0n) is 21.9. The zero-order chi connectivity index (χ0) is 27.2. The molecule has 4 aromatic rings. The van der Waals surface area contributed by atoms with E-state index in [9.17, 15) is 13.2 Å². The van der Waals surface area contributed by atoms with E-state index in [-0.39, 0.29) is 17.5 Å². The van der Waals surface area contributed by atoms with Gasteiger partial charge in [0.15, 0.2) is 5.82 Å². The number of aromatic nitrogens is 6. The Hall–Kier alpha value is -3.51. The third-order valence-electron chi connectivity index (χ3n) is 8.23. The van der Waals surface area contributed by atoms with Crippen LogP contribution < -0.4 is 4.90 Å². The molecule has 0 spiro atoms. The summed E-state index contributed by atoms with van der Waals surface area (Å²) in [4.78, 5) is 18.3. The zero-order valence-corrected chi connectivity index (χ0v) is 21.9. The minimum absolute atomic E-state index is 0.0535. The number of piperazine rings is 1. The Balaban J connectivity index is 1.31. The van der Waals surface area contributed by atoms with Crippen molar-refractivity contribution in [3.8, 4) is 11.5 Å². The van der Waals surface area contributed by atoms with Crippen LogP contribution in [0.3, 0.4) is 0 Å². The second-order valence-corrected chi connectivity index (χ2v) is 10.7. The minimum Gasteiger partial charge on any atom is -0.384 e. The molecule has 0 aromatic carbocycles. The number of alkyl halides is 3. The number of nitrogens with one attached hydrogen (secondary N) is 1. The number of hydrogen-bond donors (Lipinski definition) is 1. The monoisotopic (exact) mass is 540 g/mol. The summed E-state index contributed by atoms with van der Waals surface area (Å²) in [7, 11) is 1.77. The van der Waals surface area contributed by atoms with Crippen LogP contribution in [-0.2, 0) is 10.9 Å². The first-order valence-electron chi connectivity index (χ1n) is 13.1. The maximum atomic E-state index is 13.4. The summed E-state index contributed by atoms with van der Waals surface area (Å²) >= 11 is 0. The van der Waals surface area contributed by atoms with Crippen LogP contribution in [0.1, 0.15) is 43.4 Å². The highest BCUT2D eigenvalue weighted by Gasteiger charge is 2.44. The summed E-state index contributed by atoms with van der Waals surface area (Å²) in [5.74, 6) is 1.04. The number of anilines is 1. The van der Waals surface area contributed by atoms with Gasteiger partial charge in [0.1, 0.15) is 17.2 Å². The molecule has 0 bridgehead atoms. The van der Waals surface area contributed by atoms with Crippen LogP contribution >= 0.6 is 0 Å². The molecule has 4 aromatic heterocycles. The lowest BCUT2D eigenvalue weighted by molar-refractivity contribution is -0.137. The lowest BCUT2D eigenvalue weighted by atomic mass is 9.68. The maximum Gasteiger partial charge on any atom is 0.417 e. The average Bonchev–Trinajstić information content (AvgIpc) is 3.57. The maximum absolute atomic E-state index is 13.4. The molecule has 12 heteroatoms. The van der Waals surface area contributed by atoms with E-state index < -0.39 is 11.7 Å². The van der Waals surface area contributed by atoms with Gasteiger partial charge in [-0.1, -0.05) is 6.42 Å². The van der Waals surface area contributed by atoms with Crippen molar-refractivity contribution >= 4 is 11.5 Å². The number of ether oxygens (including phenoxy) is 1. The molecule has 1 N–H and O–H groups in total. The fourth-order valence-corrected chi connectivity index (χ4v) is 6.18. The van der Waals surface area contributed by atoms with E-state index in [2.05, 4.69) is 36.9 Å². The largest absolute Gasteiger partial charge is 0.417 e. The van der Waals surface area contributed by atoms with Gasteiger partial charge in [0.05, 0.1) is 30.6 Å². The number of halogens is 3. The van der Waals surface area contributed by atoms with Crippen molar-refractivity contribution in [1.29, 1.82) is 0 Å². The molecule has 0 radical (unpaired) electrons. The summed E-state index contributed by atoms with van der Waals surface area (Å²) in [6.45, 7) is 5.47. The average molecular weight is 541 g/mol. The van der Waals surface area contributed by atoms with Gasteiger partial charge in [0, 0.05) is 62.4 Å². The van der Waals surface area contributed by atoms with Gasteiger partial charge in [0.25, 0.3) is 0 Å². The SMILES string of the molecule is COCC1(CN2CCN(c3ccnc(-c4cnc5ccc(C(F)(F)F)cn45)n3)[C@H](C)[C@@H]2c2cn[nH]c2)CCC1. The molecule has 206 valence electrons. The Bertz CT molecular complexity index is 1430. The third-order valence-corrected chi connectivity index (χ3v) is 8.23. The first-order valence-corrected chi connectivity index (χ1v) is 13.1. The molecule has 2 aliphatic rings. The van der Waals surface area contributed by atoms with Gasteiger partial charge in [-0.15, -0.1) is 0 Å². The van der Waals surface area contributed by atoms with Crippen molar-refractivity contribution in [2.45, 2.75) is 44.4 Å². The molecule has 1 saturated carbocycles. The molecule has 6 rings (SSSR count). The van der Waals surface area contributed by atoms with Crippen molar-refractivity contribution < 1.29 is 17.9 Å². The van der Waals surface area contributed by atoms with Gasteiger partial charge in [-0.2, -0.15) is 18.3 Å². The van der Waals surface area contributed by atoms with Gasteiger partial charge in [-0.05, 0) is 38.0 Å². The summed E-state index contributed by atoms with van der Waals surface area (Å²) in [6.07, 6.45) is 7.13. The van der Waals surface area contributed by atoms with E-state index in [1.165, 1.54) is 23.1 Å². The van der Waals surface area contributed by atoms with Gasteiger partial charge >= 0.3 is 6.18 Å². The summed E-state index contributed by atoms with van der Waals surface area (Å²) < 4.78 is 47.1. The van der Waals surface area contributed by atoms with Crippen LogP contribution in [0.2, 0.25) is 0 Å². The van der Waals surface area contributed by atoms with Crippen molar-refractivity contribution in [1.82, 2.24) is 34.4 Å². The molecule has 39 heavy (non-hydrogen) atoms. The normalized spacial score (nSPS) is 21.8.